The predicted octanol–water partition coefficient (Wildman–Crippen LogP) is 2.82. The van der Waals surface area contributed by atoms with Crippen molar-refractivity contribution in [2.75, 3.05) is 7.11 Å². The zero-order valence-corrected chi connectivity index (χ0v) is 16.2. The standard InChI is InChI=1S/C20H28O6/c1-10(2)12-7-13(17(23)25-6)14-16(15(12)22)26-20(24)18(3,4)8-11(21)9-19(14,20)5/h7,10-11,21-22,24H,8-9H2,1-6H3/t11-,19+,20+/m0/s1. The van der Waals surface area contributed by atoms with Crippen LogP contribution in [0.5, 0.6) is 11.5 Å². The number of aliphatic hydroxyl groups is 2. The number of aliphatic hydroxyl groups excluding tert-OH is 1. The lowest BCUT2D eigenvalue weighted by Gasteiger charge is -2.53. The summed E-state index contributed by atoms with van der Waals surface area (Å²) >= 11 is 0. The molecule has 0 radical (unpaired) electrons. The van der Waals surface area contributed by atoms with Gasteiger partial charge in [-0.15, -0.1) is 0 Å². The highest BCUT2D eigenvalue weighted by Gasteiger charge is 2.69. The zero-order chi connectivity index (χ0) is 19.7. The Morgan fingerprint density at radius 2 is 1.92 bits per heavy atom. The Kier molecular flexibility index (Phi) is 4.09. The number of carbonyl (C=O) groups excluding carboxylic acids is 1. The van der Waals surface area contributed by atoms with Crippen LogP contribution >= 0.6 is 0 Å². The number of phenols is 1. The van der Waals surface area contributed by atoms with Gasteiger partial charge in [0.2, 0.25) is 5.79 Å². The summed E-state index contributed by atoms with van der Waals surface area (Å²) < 4.78 is 11.0. The Bertz CT molecular complexity index is 768. The van der Waals surface area contributed by atoms with Crippen molar-refractivity contribution >= 4 is 5.97 Å². The molecule has 0 spiro atoms. The molecule has 0 unspecified atom stereocenters. The maximum Gasteiger partial charge on any atom is 0.338 e. The molecule has 1 saturated carbocycles. The van der Waals surface area contributed by atoms with Crippen LogP contribution < -0.4 is 4.74 Å². The lowest BCUT2D eigenvalue weighted by molar-refractivity contribution is -0.270. The van der Waals surface area contributed by atoms with E-state index in [2.05, 4.69) is 0 Å². The van der Waals surface area contributed by atoms with Crippen molar-refractivity contribution in [1.82, 2.24) is 0 Å². The van der Waals surface area contributed by atoms with Gasteiger partial charge in [-0.2, -0.15) is 0 Å². The highest BCUT2D eigenvalue weighted by molar-refractivity contribution is 5.94. The van der Waals surface area contributed by atoms with Gasteiger partial charge in [-0.1, -0.05) is 27.7 Å². The van der Waals surface area contributed by atoms with Gasteiger partial charge in [0.1, 0.15) is 0 Å². The van der Waals surface area contributed by atoms with Gasteiger partial charge in [0.05, 0.1) is 24.2 Å². The van der Waals surface area contributed by atoms with E-state index >= 15 is 0 Å². The van der Waals surface area contributed by atoms with Gasteiger partial charge in [0.25, 0.3) is 0 Å². The molecular weight excluding hydrogens is 336 g/mol. The minimum Gasteiger partial charge on any atom is -0.504 e. The Morgan fingerprint density at radius 1 is 1.31 bits per heavy atom. The van der Waals surface area contributed by atoms with E-state index in [1.807, 2.05) is 27.7 Å². The van der Waals surface area contributed by atoms with Crippen LogP contribution in [0.1, 0.15) is 74.9 Å². The van der Waals surface area contributed by atoms with Crippen LogP contribution in [0.25, 0.3) is 0 Å². The molecule has 3 atom stereocenters. The van der Waals surface area contributed by atoms with Crippen molar-refractivity contribution < 1.29 is 29.6 Å². The van der Waals surface area contributed by atoms with Crippen LogP contribution in [0.4, 0.5) is 0 Å². The third-order valence-electron chi connectivity index (χ3n) is 6.17. The van der Waals surface area contributed by atoms with Crippen LogP contribution in [0.15, 0.2) is 6.07 Å². The molecule has 3 N–H and O–H groups in total. The maximum atomic E-state index is 12.5. The van der Waals surface area contributed by atoms with E-state index in [4.69, 9.17) is 9.47 Å². The summed E-state index contributed by atoms with van der Waals surface area (Å²) in [5, 5.41) is 32.8. The molecule has 26 heavy (non-hydrogen) atoms. The molecule has 0 amide bonds. The van der Waals surface area contributed by atoms with Gasteiger partial charge >= 0.3 is 5.97 Å². The van der Waals surface area contributed by atoms with Gasteiger partial charge < -0.3 is 24.8 Å². The summed E-state index contributed by atoms with van der Waals surface area (Å²) in [4.78, 5) is 12.5. The lowest BCUT2D eigenvalue weighted by Crippen LogP contribution is -2.64. The molecule has 0 bridgehead atoms. The number of benzene rings is 1. The first-order chi connectivity index (χ1) is 11.9. The number of fused-ring (bicyclic) bond motifs is 3. The second-order valence-corrected chi connectivity index (χ2v) is 8.74. The number of ether oxygens (including phenoxy) is 2. The number of carbonyl (C=O) groups is 1. The van der Waals surface area contributed by atoms with Crippen LogP contribution in [0.2, 0.25) is 0 Å². The summed E-state index contributed by atoms with van der Waals surface area (Å²) in [5.74, 6) is -2.25. The predicted molar refractivity (Wildman–Crippen MR) is 95.5 cm³/mol. The fraction of sp³-hybridized carbons (Fsp3) is 0.650. The van der Waals surface area contributed by atoms with Gasteiger partial charge in [0, 0.05) is 16.5 Å². The topological polar surface area (TPSA) is 96.2 Å². The van der Waals surface area contributed by atoms with E-state index in [1.165, 1.54) is 7.11 Å². The molecule has 1 aliphatic carbocycles. The van der Waals surface area contributed by atoms with Crippen LogP contribution in [0.3, 0.4) is 0 Å². The minimum absolute atomic E-state index is 0.0593. The Morgan fingerprint density at radius 3 is 2.46 bits per heavy atom. The minimum atomic E-state index is -1.67. The number of esters is 1. The molecule has 1 aromatic carbocycles. The second kappa shape index (κ2) is 5.60. The van der Waals surface area contributed by atoms with Crippen LogP contribution in [0, 0.1) is 5.41 Å². The lowest BCUT2D eigenvalue weighted by atomic mass is 9.56. The molecule has 1 fully saturated rings. The van der Waals surface area contributed by atoms with Gasteiger partial charge in [-0.25, -0.2) is 4.79 Å². The van der Waals surface area contributed by atoms with Crippen LogP contribution in [-0.4, -0.2) is 40.3 Å². The molecule has 1 aromatic rings. The summed E-state index contributed by atoms with van der Waals surface area (Å²) in [6.07, 6.45) is -0.106. The summed E-state index contributed by atoms with van der Waals surface area (Å²) in [6, 6.07) is 1.61. The highest BCUT2D eigenvalue weighted by atomic mass is 16.6. The summed E-state index contributed by atoms with van der Waals surface area (Å²) in [7, 11) is 1.29. The smallest absolute Gasteiger partial charge is 0.338 e. The molecule has 0 aromatic heterocycles. The largest absolute Gasteiger partial charge is 0.504 e. The fourth-order valence-electron chi connectivity index (χ4n) is 4.85. The molecule has 144 valence electrons. The molecule has 6 heteroatoms. The monoisotopic (exact) mass is 364 g/mol. The van der Waals surface area contributed by atoms with Crippen molar-refractivity contribution in [2.24, 2.45) is 5.41 Å². The Balaban J connectivity index is 2.37. The van der Waals surface area contributed by atoms with Crippen molar-refractivity contribution in [3.05, 3.63) is 22.8 Å². The van der Waals surface area contributed by atoms with Crippen molar-refractivity contribution in [3.8, 4) is 11.5 Å². The summed E-state index contributed by atoms with van der Waals surface area (Å²) in [5.41, 5.74) is -0.655. The fourth-order valence-corrected chi connectivity index (χ4v) is 4.85. The molecule has 0 saturated heterocycles. The quantitative estimate of drug-likeness (QED) is 0.699. The average molecular weight is 364 g/mol. The maximum absolute atomic E-state index is 12.5. The first-order valence-corrected chi connectivity index (χ1v) is 8.97. The number of hydrogen-bond acceptors (Lipinski definition) is 6. The molecule has 3 rings (SSSR count). The van der Waals surface area contributed by atoms with Crippen molar-refractivity contribution in [3.63, 3.8) is 0 Å². The third kappa shape index (κ3) is 2.21. The second-order valence-electron chi connectivity index (χ2n) is 8.74. The van der Waals surface area contributed by atoms with E-state index < -0.39 is 28.7 Å². The van der Waals surface area contributed by atoms with Gasteiger partial charge in [0.15, 0.2) is 11.5 Å². The van der Waals surface area contributed by atoms with Gasteiger partial charge in [-0.3, -0.25) is 0 Å². The van der Waals surface area contributed by atoms with E-state index in [-0.39, 0.29) is 29.4 Å². The van der Waals surface area contributed by atoms with E-state index in [1.54, 1.807) is 13.0 Å². The van der Waals surface area contributed by atoms with Gasteiger partial charge in [-0.05, 0) is 31.7 Å². The van der Waals surface area contributed by atoms with E-state index in [0.29, 0.717) is 17.5 Å². The van der Waals surface area contributed by atoms with Crippen molar-refractivity contribution in [2.45, 2.75) is 70.7 Å². The number of hydrogen-bond donors (Lipinski definition) is 3. The number of methoxy groups -OCH3 is 1. The molecule has 1 aliphatic heterocycles. The molecule has 6 nitrogen and oxygen atoms in total. The number of rotatable bonds is 2. The first kappa shape index (κ1) is 19.0. The van der Waals surface area contributed by atoms with E-state index in [9.17, 15) is 20.1 Å². The van der Waals surface area contributed by atoms with Crippen molar-refractivity contribution in [1.29, 1.82) is 0 Å². The molecule has 2 aliphatic rings. The van der Waals surface area contributed by atoms with E-state index in [0.717, 1.165) is 0 Å². The first-order valence-electron chi connectivity index (χ1n) is 8.97. The molecule has 1 heterocycles. The highest BCUT2D eigenvalue weighted by Crippen LogP contribution is 2.64. The number of phenolic OH excluding ortho intramolecular Hbond substituents is 1. The zero-order valence-electron chi connectivity index (χ0n) is 16.2. The Hall–Kier alpha value is -1.79. The SMILES string of the molecule is COC(=O)c1cc(C(C)C)c(O)c2c1[C@@]1(C)C[C@@H](O)CC(C)(C)[C@@]1(O)O2. The normalized spacial score (nSPS) is 32.0. The summed E-state index contributed by atoms with van der Waals surface area (Å²) in [6.45, 7) is 9.20. The van der Waals surface area contributed by atoms with Crippen LogP contribution in [-0.2, 0) is 10.2 Å². The Labute approximate surface area is 153 Å². The average Bonchev–Trinajstić information content (AvgIpc) is 2.76. The third-order valence-corrected chi connectivity index (χ3v) is 6.17. The molecular formula is C20H28O6. The number of aromatic hydroxyl groups is 1.